The van der Waals surface area contributed by atoms with Gasteiger partial charge in [-0.2, -0.15) is 0 Å². The molecule has 0 aliphatic rings. The molecule has 0 aromatic rings. The van der Waals surface area contributed by atoms with Crippen molar-refractivity contribution in [3.8, 4) is 0 Å². The lowest BCUT2D eigenvalue weighted by molar-refractivity contribution is -0.159. The summed E-state index contributed by atoms with van der Waals surface area (Å²) in [5.74, 6) is -2.59. The van der Waals surface area contributed by atoms with E-state index in [1.165, 1.54) is 64.2 Å². The average molecular weight is 800 g/mol. The number of carbonyl (C=O) groups excluding carboxylic acids is 5. The summed E-state index contributed by atoms with van der Waals surface area (Å²) < 4.78 is 20.9. The number of nitrogens with one attached hydrogen (secondary N) is 3. The monoisotopic (exact) mass is 800 g/mol. The second kappa shape index (κ2) is 32.8. The van der Waals surface area contributed by atoms with Crippen LogP contribution in [0.25, 0.3) is 0 Å². The Bertz CT molecular complexity index is 1100. The minimum Gasteiger partial charge on any atom is -0.480 e. The molecule has 0 aliphatic heterocycles. The van der Waals surface area contributed by atoms with Gasteiger partial charge in [0, 0.05) is 38.8 Å². The summed E-state index contributed by atoms with van der Waals surface area (Å²) in [6.07, 6.45) is 19.4. The van der Waals surface area contributed by atoms with Crippen molar-refractivity contribution >= 4 is 35.6 Å². The predicted octanol–water partition coefficient (Wildman–Crippen LogP) is 6.70. The number of ether oxygens (including phenoxy) is 4. The number of carboxylic acids is 1. The molecule has 0 rings (SSSR count). The van der Waals surface area contributed by atoms with Gasteiger partial charge in [0.1, 0.15) is 23.9 Å². The largest absolute Gasteiger partial charge is 0.480 e. The van der Waals surface area contributed by atoms with E-state index in [0.29, 0.717) is 12.8 Å². The van der Waals surface area contributed by atoms with Gasteiger partial charge in [-0.15, -0.1) is 0 Å². The Morgan fingerprint density at radius 3 is 1.45 bits per heavy atom. The van der Waals surface area contributed by atoms with Crippen LogP contribution in [0.5, 0.6) is 0 Å². The molecule has 0 spiro atoms. The topological polar surface area (TPSA) is 196 Å². The van der Waals surface area contributed by atoms with E-state index in [4.69, 9.17) is 24.1 Å². The molecule has 0 aliphatic carbocycles. The van der Waals surface area contributed by atoms with E-state index in [9.17, 15) is 28.8 Å². The van der Waals surface area contributed by atoms with E-state index in [-0.39, 0.29) is 75.9 Å². The first-order valence-electron chi connectivity index (χ1n) is 21.1. The van der Waals surface area contributed by atoms with E-state index < -0.39 is 35.8 Å². The number of amides is 3. The molecule has 14 nitrogen and oxygen atoms in total. The smallest absolute Gasteiger partial charge is 0.329 e. The molecule has 0 bridgehead atoms. The number of carbonyl (C=O) groups is 6. The van der Waals surface area contributed by atoms with E-state index in [0.717, 1.165) is 38.5 Å². The van der Waals surface area contributed by atoms with Crippen LogP contribution >= 0.6 is 0 Å². The van der Waals surface area contributed by atoms with Crippen molar-refractivity contribution in [1.29, 1.82) is 0 Å². The van der Waals surface area contributed by atoms with E-state index in [2.05, 4.69) is 16.0 Å². The number of carboxylic acid groups (broad SMARTS) is 1. The molecule has 326 valence electrons. The second-order valence-electron chi connectivity index (χ2n) is 16.4. The first-order chi connectivity index (χ1) is 26.5. The number of aliphatic carboxylic acids is 1. The van der Waals surface area contributed by atoms with Crippen LogP contribution in [0.3, 0.4) is 0 Å². The highest BCUT2D eigenvalue weighted by Crippen LogP contribution is 2.16. The van der Waals surface area contributed by atoms with Gasteiger partial charge in [-0.05, 0) is 60.8 Å². The molecule has 0 aromatic carbocycles. The summed E-state index contributed by atoms with van der Waals surface area (Å²) in [7, 11) is 0. The van der Waals surface area contributed by atoms with E-state index in [1.807, 2.05) is 20.8 Å². The van der Waals surface area contributed by atoms with Crippen molar-refractivity contribution in [3.05, 3.63) is 0 Å². The summed E-state index contributed by atoms with van der Waals surface area (Å²) in [6, 6.07) is -0.951. The highest BCUT2D eigenvalue weighted by molar-refractivity contribution is 5.85. The second-order valence-corrected chi connectivity index (χ2v) is 16.4. The first-order valence-corrected chi connectivity index (χ1v) is 21.1. The van der Waals surface area contributed by atoms with Gasteiger partial charge in [0.2, 0.25) is 17.7 Å². The van der Waals surface area contributed by atoms with E-state index >= 15 is 0 Å². The molecule has 1 atom stereocenters. The maximum atomic E-state index is 12.8. The standard InChI is InChI=1S/C42H77N3O11/c1-41(2,3)55-39(51)24-22-20-18-16-14-12-10-8-7-9-11-13-15-17-19-21-23-37(48)45-34(40(52)56-42(4,5)6)25-26-35(46)43-28-27-36(47)44-29-30-53-31-32-54-33-38(49)50/h34H,7-33H2,1-6H3,(H,43,46)(H,44,47)(H,45,48)(H,49,50)/t34-/m0/s1. The number of unbranched alkanes of at least 4 members (excludes halogenated alkanes) is 15. The maximum absolute atomic E-state index is 12.8. The van der Waals surface area contributed by atoms with Gasteiger partial charge in [-0.1, -0.05) is 89.9 Å². The van der Waals surface area contributed by atoms with Crippen molar-refractivity contribution in [2.24, 2.45) is 0 Å². The zero-order valence-electron chi connectivity index (χ0n) is 35.7. The summed E-state index contributed by atoms with van der Waals surface area (Å²) in [6.45, 7) is 11.5. The van der Waals surface area contributed by atoms with Gasteiger partial charge in [0.15, 0.2) is 0 Å². The molecule has 0 aromatic heterocycles. The Balaban J connectivity index is 4.02. The average Bonchev–Trinajstić information content (AvgIpc) is 3.08. The Hall–Kier alpha value is -3.26. The highest BCUT2D eigenvalue weighted by atomic mass is 16.6. The Morgan fingerprint density at radius 1 is 0.500 bits per heavy atom. The summed E-state index contributed by atoms with van der Waals surface area (Å²) in [5.41, 5.74) is -1.15. The molecule has 4 N–H and O–H groups in total. The summed E-state index contributed by atoms with van der Waals surface area (Å²) in [4.78, 5) is 72.1. The van der Waals surface area contributed by atoms with Crippen LogP contribution in [0.2, 0.25) is 0 Å². The molecule has 0 saturated heterocycles. The fourth-order valence-corrected chi connectivity index (χ4v) is 5.72. The molecule has 0 heterocycles. The highest BCUT2D eigenvalue weighted by Gasteiger charge is 2.27. The van der Waals surface area contributed by atoms with Gasteiger partial charge in [-0.3, -0.25) is 19.2 Å². The molecular formula is C42H77N3O11. The van der Waals surface area contributed by atoms with Gasteiger partial charge in [0.25, 0.3) is 0 Å². The van der Waals surface area contributed by atoms with Crippen LogP contribution in [-0.2, 0) is 47.7 Å². The third-order valence-corrected chi connectivity index (χ3v) is 8.48. The van der Waals surface area contributed by atoms with Crippen LogP contribution in [-0.4, -0.2) is 97.5 Å². The molecular weight excluding hydrogens is 722 g/mol. The van der Waals surface area contributed by atoms with Crippen molar-refractivity contribution in [3.63, 3.8) is 0 Å². The Labute approximate surface area is 337 Å². The fourth-order valence-electron chi connectivity index (χ4n) is 5.72. The quantitative estimate of drug-likeness (QED) is 0.0394. The number of esters is 2. The third-order valence-electron chi connectivity index (χ3n) is 8.48. The molecule has 0 unspecified atom stereocenters. The molecule has 14 heteroatoms. The number of hydrogen-bond acceptors (Lipinski definition) is 10. The SMILES string of the molecule is CC(C)(C)OC(=O)CCCCCCCCCCCCCCCCCCC(=O)N[C@@H](CCC(=O)NCCC(=O)NCCOCCOCC(=O)O)C(=O)OC(C)(C)C. The Morgan fingerprint density at radius 2 is 0.946 bits per heavy atom. The van der Waals surface area contributed by atoms with Gasteiger partial charge in [-0.25, -0.2) is 9.59 Å². The fraction of sp³-hybridized carbons (Fsp3) is 0.857. The lowest BCUT2D eigenvalue weighted by Gasteiger charge is -2.24. The molecule has 0 radical (unpaired) electrons. The van der Waals surface area contributed by atoms with Crippen LogP contribution in [0, 0.1) is 0 Å². The third kappa shape index (κ3) is 37.7. The Kier molecular flexibility index (Phi) is 30.9. The predicted molar refractivity (Wildman–Crippen MR) is 216 cm³/mol. The number of rotatable bonds is 35. The van der Waals surface area contributed by atoms with Crippen LogP contribution < -0.4 is 16.0 Å². The zero-order valence-corrected chi connectivity index (χ0v) is 35.7. The molecule has 3 amide bonds. The summed E-state index contributed by atoms with van der Waals surface area (Å²) >= 11 is 0. The number of hydrogen-bond donors (Lipinski definition) is 4. The molecule has 0 fully saturated rings. The van der Waals surface area contributed by atoms with Gasteiger partial charge >= 0.3 is 17.9 Å². The van der Waals surface area contributed by atoms with Crippen molar-refractivity contribution in [1.82, 2.24) is 16.0 Å². The van der Waals surface area contributed by atoms with Gasteiger partial charge < -0.3 is 40.0 Å². The minimum absolute atomic E-state index is 0.0243. The molecule has 56 heavy (non-hydrogen) atoms. The summed E-state index contributed by atoms with van der Waals surface area (Å²) in [5, 5.41) is 16.6. The lowest BCUT2D eigenvalue weighted by Crippen LogP contribution is -2.44. The van der Waals surface area contributed by atoms with Crippen LogP contribution in [0.1, 0.15) is 176 Å². The zero-order chi connectivity index (χ0) is 42.1. The van der Waals surface area contributed by atoms with Crippen molar-refractivity contribution in [2.75, 3.05) is 39.5 Å². The maximum Gasteiger partial charge on any atom is 0.329 e. The van der Waals surface area contributed by atoms with Gasteiger partial charge in [0.05, 0.1) is 19.8 Å². The lowest BCUT2D eigenvalue weighted by atomic mass is 10.0. The normalized spacial score (nSPS) is 12.1. The van der Waals surface area contributed by atoms with Crippen LogP contribution in [0.15, 0.2) is 0 Å². The molecule has 0 saturated carbocycles. The van der Waals surface area contributed by atoms with E-state index in [1.54, 1.807) is 20.8 Å². The first kappa shape index (κ1) is 52.7. The van der Waals surface area contributed by atoms with Crippen molar-refractivity contribution in [2.45, 2.75) is 194 Å². The van der Waals surface area contributed by atoms with Crippen molar-refractivity contribution < 1.29 is 52.8 Å². The van der Waals surface area contributed by atoms with Crippen LogP contribution in [0.4, 0.5) is 0 Å². The minimum atomic E-state index is -1.06.